The molecule has 4 rings (SSSR count). The van der Waals surface area contributed by atoms with Crippen LogP contribution in [0.15, 0.2) is 47.4 Å². The Bertz CT molecular complexity index is 1040. The van der Waals surface area contributed by atoms with Gasteiger partial charge in [-0.2, -0.15) is 0 Å². The Hall–Kier alpha value is -2.95. The number of carbonyl (C=O) groups excluding carboxylic acids is 1. The largest absolute Gasteiger partial charge is 0.456 e. The maximum absolute atomic E-state index is 12.3. The van der Waals surface area contributed by atoms with Crippen molar-refractivity contribution in [3.05, 3.63) is 80.9 Å². The molecule has 0 N–H and O–H groups in total. The lowest BCUT2D eigenvalue weighted by molar-refractivity contribution is 0.0467. The molecule has 0 fully saturated rings. The molecule has 0 saturated carbocycles. The summed E-state index contributed by atoms with van der Waals surface area (Å²) in [5, 5.41) is 0. The van der Waals surface area contributed by atoms with Gasteiger partial charge in [0.1, 0.15) is 12.3 Å². The van der Waals surface area contributed by atoms with E-state index in [1.54, 1.807) is 18.3 Å². The van der Waals surface area contributed by atoms with Gasteiger partial charge in [0, 0.05) is 12.3 Å². The minimum Gasteiger partial charge on any atom is -0.456 e. The number of hydrogen-bond acceptors (Lipinski definition) is 4. The third-order valence-corrected chi connectivity index (χ3v) is 4.55. The van der Waals surface area contributed by atoms with Crippen molar-refractivity contribution in [3.63, 3.8) is 0 Å². The van der Waals surface area contributed by atoms with Crippen molar-refractivity contribution >= 4 is 11.6 Å². The number of fused-ring (bicyclic) bond motifs is 2. The van der Waals surface area contributed by atoms with Crippen LogP contribution in [-0.4, -0.2) is 15.4 Å². The first-order valence-electron chi connectivity index (χ1n) is 8.38. The monoisotopic (exact) mass is 334 g/mol. The number of esters is 1. The molecule has 0 bridgehead atoms. The van der Waals surface area contributed by atoms with Gasteiger partial charge in [0.15, 0.2) is 0 Å². The van der Waals surface area contributed by atoms with E-state index in [1.807, 2.05) is 25.1 Å². The number of nitrogens with zero attached hydrogens (tertiary/aromatic N) is 2. The second-order valence-electron chi connectivity index (χ2n) is 6.43. The summed E-state index contributed by atoms with van der Waals surface area (Å²) in [6.07, 6.45) is 4.97. The third-order valence-electron chi connectivity index (χ3n) is 4.55. The number of aromatic nitrogens is 2. The molecule has 0 saturated heterocycles. The fraction of sp³-hybridized carbons (Fsp3) is 0.250. The molecular weight excluding hydrogens is 316 g/mol. The van der Waals surface area contributed by atoms with Crippen LogP contribution in [-0.2, 0) is 24.2 Å². The van der Waals surface area contributed by atoms with Crippen molar-refractivity contribution in [1.29, 1.82) is 0 Å². The zero-order valence-electron chi connectivity index (χ0n) is 14.0. The van der Waals surface area contributed by atoms with Gasteiger partial charge in [-0.15, -0.1) is 0 Å². The first kappa shape index (κ1) is 15.6. The maximum atomic E-state index is 12.3. The van der Waals surface area contributed by atoms with Gasteiger partial charge < -0.3 is 4.74 Å². The molecular formula is C20H18N2O3. The van der Waals surface area contributed by atoms with E-state index < -0.39 is 0 Å². The molecule has 1 aliphatic carbocycles. The van der Waals surface area contributed by atoms with E-state index in [2.05, 4.69) is 4.98 Å². The Morgan fingerprint density at radius 3 is 2.88 bits per heavy atom. The fourth-order valence-corrected chi connectivity index (χ4v) is 3.25. The Labute approximate surface area is 144 Å². The lowest BCUT2D eigenvalue weighted by atomic mass is 10.1. The zero-order chi connectivity index (χ0) is 17.4. The van der Waals surface area contributed by atoms with Crippen LogP contribution in [0.1, 0.15) is 39.2 Å². The van der Waals surface area contributed by atoms with Gasteiger partial charge in [-0.25, -0.2) is 9.78 Å². The predicted octanol–water partition coefficient (Wildman–Crippen LogP) is 2.85. The van der Waals surface area contributed by atoms with Crippen molar-refractivity contribution in [1.82, 2.24) is 9.38 Å². The van der Waals surface area contributed by atoms with Crippen molar-refractivity contribution in [2.24, 2.45) is 0 Å². The summed E-state index contributed by atoms with van der Waals surface area (Å²) in [5.41, 5.74) is 4.88. The number of ether oxygens (including phenoxy) is 1. The molecule has 0 aliphatic heterocycles. The van der Waals surface area contributed by atoms with E-state index in [9.17, 15) is 9.59 Å². The average molecular weight is 334 g/mol. The molecule has 5 heteroatoms. The number of carbonyl (C=O) groups is 1. The molecule has 1 aliphatic rings. The minimum atomic E-state index is -0.388. The van der Waals surface area contributed by atoms with Crippen LogP contribution in [0, 0.1) is 6.92 Å². The summed E-state index contributed by atoms with van der Waals surface area (Å²) >= 11 is 0. The van der Waals surface area contributed by atoms with Crippen LogP contribution in [0.3, 0.4) is 0 Å². The Morgan fingerprint density at radius 2 is 2.00 bits per heavy atom. The van der Waals surface area contributed by atoms with Crippen LogP contribution >= 0.6 is 0 Å². The number of pyridine rings is 1. The summed E-state index contributed by atoms with van der Waals surface area (Å²) in [6.45, 7) is 1.90. The van der Waals surface area contributed by atoms with Gasteiger partial charge in [-0.1, -0.05) is 12.1 Å². The predicted molar refractivity (Wildman–Crippen MR) is 93.8 cm³/mol. The average Bonchev–Trinajstić information content (AvgIpc) is 3.08. The lowest BCUT2D eigenvalue weighted by Crippen LogP contribution is -2.17. The molecule has 0 amide bonds. The van der Waals surface area contributed by atoms with Crippen LogP contribution in [0.4, 0.5) is 0 Å². The summed E-state index contributed by atoms with van der Waals surface area (Å²) in [4.78, 5) is 28.8. The van der Waals surface area contributed by atoms with Crippen LogP contribution in [0.25, 0.3) is 5.65 Å². The van der Waals surface area contributed by atoms with Gasteiger partial charge in [0.25, 0.3) is 5.56 Å². The second-order valence-corrected chi connectivity index (χ2v) is 6.43. The highest BCUT2D eigenvalue weighted by atomic mass is 16.5. The van der Waals surface area contributed by atoms with E-state index in [1.165, 1.54) is 21.6 Å². The Morgan fingerprint density at radius 1 is 1.16 bits per heavy atom. The van der Waals surface area contributed by atoms with Gasteiger partial charge in [-0.05, 0) is 61.1 Å². The Kier molecular flexibility index (Phi) is 3.84. The van der Waals surface area contributed by atoms with Crippen LogP contribution < -0.4 is 5.56 Å². The molecule has 3 aromatic rings. The van der Waals surface area contributed by atoms with Crippen molar-refractivity contribution in [2.75, 3.05) is 0 Å². The smallest absolute Gasteiger partial charge is 0.338 e. The normalized spacial score (nSPS) is 13.0. The van der Waals surface area contributed by atoms with Gasteiger partial charge in [0.05, 0.1) is 11.3 Å². The lowest BCUT2D eigenvalue weighted by Gasteiger charge is -2.08. The van der Waals surface area contributed by atoms with Crippen LogP contribution in [0.2, 0.25) is 0 Å². The molecule has 5 nitrogen and oxygen atoms in total. The highest BCUT2D eigenvalue weighted by Crippen LogP contribution is 2.23. The third kappa shape index (κ3) is 3.05. The van der Waals surface area contributed by atoms with E-state index in [0.717, 1.165) is 24.8 Å². The van der Waals surface area contributed by atoms with Gasteiger partial charge in [0.2, 0.25) is 0 Å². The van der Waals surface area contributed by atoms with E-state index in [-0.39, 0.29) is 18.1 Å². The van der Waals surface area contributed by atoms with E-state index in [0.29, 0.717) is 16.9 Å². The quantitative estimate of drug-likeness (QED) is 0.691. The molecule has 0 atom stereocenters. The molecule has 1 aromatic carbocycles. The standard InChI is InChI=1S/C20H18N2O3/c1-13-5-8-18-21-17(10-19(23)22(18)11-13)12-25-20(24)16-7-6-14-3-2-4-15(14)9-16/h5-11H,2-4,12H2,1H3. The number of rotatable bonds is 3. The molecule has 126 valence electrons. The van der Waals surface area contributed by atoms with Crippen molar-refractivity contribution in [2.45, 2.75) is 32.8 Å². The number of hydrogen-bond donors (Lipinski definition) is 0. The highest BCUT2D eigenvalue weighted by Gasteiger charge is 2.15. The van der Waals surface area contributed by atoms with Crippen LogP contribution in [0.5, 0.6) is 0 Å². The maximum Gasteiger partial charge on any atom is 0.338 e. The van der Waals surface area contributed by atoms with Crippen molar-refractivity contribution < 1.29 is 9.53 Å². The van der Waals surface area contributed by atoms with E-state index in [4.69, 9.17) is 4.74 Å². The Balaban J connectivity index is 1.53. The minimum absolute atomic E-state index is 0.0183. The van der Waals surface area contributed by atoms with Gasteiger partial charge in [-0.3, -0.25) is 9.20 Å². The number of benzene rings is 1. The SMILES string of the molecule is Cc1ccc2nc(COC(=O)c3ccc4c(c3)CCC4)cc(=O)n2c1. The fourth-order valence-electron chi connectivity index (χ4n) is 3.25. The number of aryl methyl sites for hydroxylation is 3. The van der Waals surface area contributed by atoms with E-state index >= 15 is 0 Å². The summed E-state index contributed by atoms with van der Waals surface area (Å²) in [5.74, 6) is -0.388. The molecule has 2 aromatic heterocycles. The van der Waals surface area contributed by atoms with Crippen molar-refractivity contribution in [3.8, 4) is 0 Å². The topological polar surface area (TPSA) is 60.7 Å². The molecule has 25 heavy (non-hydrogen) atoms. The molecule has 0 radical (unpaired) electrons. The summed E-state index contributed by atoms with van der Waals surface area (Å²) < 4.78 is 6.84. The zero-order valence-corrected chi connectivity index (χ0v) is 14.0. The summed E-state index contributed by atoms with van der Waals surface area (Å²) in [6, 6.07) is 10.8. The molecule has 0 spiro atoms. The second kappa shape index (κ2) is 6.16. The van der Waals surface area contributed by atoms with Gasteiger partial charge >= 0.3 is 5.97 Å². The first-order valence-corrected chi connectivity index (χ1v) is 8.38. The molecule has 2 heterocycles. The first-order chi connectivity index (χ1) is 12.1. The summed E-state index contributed by atoms with van der Waals surface area (Å²) in [7, 11) is 0. The highest BCUT2D eigenvalue weighted by molar-refractivity contribution is 5.89. The molecule has 0 unspecified atom stereocenters.